The summed E-state index contributed by atoms with van der Waals surface area (Å²) in [4.78, 5) is 27.0. The van der Waals surface area contributed by atoms with Gasteiger partial charge < -0.3 is 19.7 Å². The van der Waals surface area contributed by atoms with Crippen LogP contribution in [0.25, 0.3) is 11.1 Å². The zero-order valence-corrected chi connectivity index (χ0v) is 20.9. The van der Waals surface area contributed by atoms with Crippen LogP contribution in [0, 0.1) is 0 Å². The minimum atomic E-state index is -0.564. The van der Waals surface area contributed by atoms with Crippen LogP contribution >= 0.6 is 0 Å². The lowest BCUT2D eigenvalue weighted by molar-refractivity contribution is 0.0508. The van der Waals surface area contributed by atoms with Crippen molar-refractivity contribution in [3.05, 3.63) is 59.7 Å². The first-order valence-electron chi connectivity index (χ1n) is 12.4. The van der Waals surface area contributed by atoms with Gasteiger partial charge in [0.05, 0.1) is 0 Å². The topological polar surface area (TPSA) is 67.9 Å². The van der Waals surface area contributed by atoms with Crippen LogP contribution in [0.4, 0.5) is 9.59 Å². The van der Waals surface area contributed by atoms with Crippen molar-refractivity contribution in [3.8, 4) is 11.1 Å². The summed E-state index contributed by atoms with van der Waals surface area (Å²) < 4.78 is 11.4. The summed E-state index contributed by atoms with van der Waals surface area (Å²) in [5.74, 6) is 0. The third kappa shape index (κ3) is 6.99. The fraction of sp³-hybridized carbons (Fsp3) is 0.500. The number of unbranched alkanes of at least 4 members (excludes halogenated alkanes) is 4. The monoisotopic (exact) mass is 466 g/mol. The summed E-state index contributed by atoms with van der Waals surface area (Å²) in [6, 6.07) is 16.1. The van der Waals surface area contributed by atoms with Gasteiger partial charge in [-0.1, -0.05) is 81.1 Å². The lowest BCUT2D eigenvalue weighted by Gasteiger charge is -2.25. The molecule has 0 unspecified atom stereocenters. The molecule has 0 fully saturated rings. The molecule has 1 N–H and O–H groups in total. The van der Waals surface area contributed by atoms with Crippen molar-refractivity contribution in [2.75, 3.05) is 19.6 Å². The number of nitrogens with zero attached hydrogens (tertiary/aromatic N) is 1. The number of benzene rings is 2. The maximum Gasteiger partial charge on any atom is 0.410 e. The lowest BCUT2D eigenvalue weighted by atomic mass is 10.1. The van der Waals surface area contributed by atoms with E-state index in [0.717, 1.165) is 41.5 Å². The Balaban J connectivity index is 1.66. The third-order valence-electron chi connectivity index (χ3n) is 5.84. The molecule has 184 valence electrons. The van der Waals surface area contributed by atoms with E-state index in [-0.39, 0.29) is 6.09 Å². The van der Waals surface area contributed by atoms with Gasteiger partial charge in [-0.15, -0.1) is 0 Å². The molecule has 2 amide bonds. The number of nitrogens with one attached hydrogen (secondary N) is 1. The summed E-state index contributed by atoms with van der Waals surface area (Å²) in [6.45, 7) is 8.91. The van der Waals surface area contributed by atoms with Crippen molar-refractivity contribution in [1.29, 1.82) is 0 Å². The molecule has 0 spiro atoms. The van der Waals surface area contributed by atoms with E-state index in [1.54, 1.807) is 4.90 Å². The van der Waals surface area contributed by atoms with E-state index >= 15 is 0 Å². The highest BCUT2D eigenvalue weighted by molar-refractivity contribution is 5.79. The largest absolute Gasteiger partial charge is 0.444 e. The zero-order chi connectivity index (χ0) is 24.6. The lowest BCUT2D eigenvalue weighted by Crippen LogP contribution is -2.41. The summed E-state index contributed by atoms with van der Waals surface area (Å²) >= 11 is 0. The van der Waals surface area contributed by atoms with Gasteiger partial charge in [0.25, 0.3) is 0 Å². The van der Waals surface area contributed by atoms with Crippen molar-refractivity contribution in [2.24, 2.45) is 0 Å². The maximum atomic E-state index is 13.3. The molecule has 2 aromatic carbocycles. The Labute approximate surface area is 203 Å². The predicted octanol–water partition coefficient (Wildman–Crippen LogP) is 6.69. The van der Waals surface area contributed by atoms with Gasteiger partial charge in [0.15, 0.2) is 6.10 Å². The molecule has 34 heavy (non-hydrogen) atoms. The first-order valence-corrected chi connectivity index (χ1v) is 12.4. The molecule has 0 radical (unpaired) electrons. The first-order chi connectivity index (χ1) is 16.3. The third-order valence-corrected chi connectivity index (χ3v) is 5.84. The Kier molecular flexibility index (Phi) is 8.97. The van der Waals surface area contributed by atoms with Crippen LogP contribution in [-0.2, 0) is 9.47 Å². The average Bonchev–Trinajstić information content (AvgIpc) is 3.10. The molecule has 1 aliphatic rings. The van der Waals surface area contributed by atoms with Gasteiger partial charge in [0, 0.05) is 30.8 Å². The number of ether oxygens (including phenoxy) is 2. The molecule has 0 atom stereocenters. The Morgan fingerprint density at radius 2 is 1.47 bits per heavy atom. The van der Waals surface area contributed by atoms with Gasteiger partial charge in [0.2, 0.25) is 0 Å². The van der Waals surface area contributed by atoms with E-state index in [0.29, 0.717) is 19.6 Å². The van der Waals surface area contributed by atoms with Gasteiger partial charge in [0.1, 0.15) is 5.60 Å². The molecule has 6 nitrogen and oxygen atoms in total. The molecule has 6 heteroatoms. The highest BCUT2D eigenvalue weighted by Crippen LogP contribution is 2.45. The molecule has 2 aromatic rings. The van der Waals surface area contributed by atoms with Crippen LogP contribution in [0.2, 0.25) is 0 Å². The van der Waals surface area contributed by atoms with Crippen molar-refractivity contribution in [1.82, 2.24) is 10.2 Å². The number of hydrogen-bond acceptors (Lipinski definition) is 4. The van der Waals surface area contributed by atoms with Gasteiger partial charge in [-0.05, 0) is 38.3 Å². The standard InChI is InChI=1S/C28H38N2O4/c1-5-6-7-8-13-19-30(20-18-29-26(31)34-28(2,3)4)27(32)33-25-23-16-11-9-14-21(23)22-15-10-12-17-24(22)25/h9-12,14-17,25H,5-8,13,18-20H2,1-4H3,(H,29,31). The normalized spacial score (nSPS) is 12.6. The van der Waals surface area contributed by atoms with Crippen LogP contribution in [0.15, 0.2) is 48.5 Å². The first kappa shape index (κ1) is 25.6. The van der Waals surface area contributed by atoms with Crippen molar-refractivity contribution in [3.63, 3.8) is 0 Å². The Morgan fingerprint density at radius 1 is 0.882 bits per heavy atom. The molecule has 0 bridgehead atoms. The molecule has 3 rings (SSSR count). The zero-order valence-electron chi connectivity index (χ0n) is 20.9. The molecular formula is C28H38N2O4. The minimum Gasteiger partial charge on any atom is -0.444 e. The highest BCUT2D eigenvalue weighted by Gasteiger charge is 2.32. The van der Waals surface area contributed by atoms with E-state index in [4.69, 9.17) is 9.47 Å². The molecule has 0 saturated heterocycles. The van der Waals surface area contributed by atoms with Crippen LogP contribution in [0.1, 0.15) is 77.0 Å². The Hall–Kier alpha value is -3.02. The number of amides is 2. The van der Waals surface area contributed by atoms with Crippen LogP contribution in [-0.4, -0.2) is 42.3 Å². The second kappa shape index (κ2) is 11.9. The number of alkyl carbamates (subject to hydrolysis) is 1. The summed E-state index contributed by atoms with van der Waals surface area (Å²) in [5, 5.41) is 2.75. The van der Waals surface area contributed by atoms with Crippen molar-refractivity contribution < 1.29 is 19.1 Å². The second-order valence-corrected chi connectivity index (χ2v) is 9.77. The van der Waals surface area contributed by atoms with Crippen LogP contribution in [0.5, 0.6) is 0 Å². The van der Waals surface area contributed by atoms with E-state index in [1.165, 1.54) is 12.8 Å². The SMILES string of the molecule is CCCCCCCN(CCNC(=O)OC(C)(C)C)C(=O)OC1c2ccccc2-c2ccccc21. The van der Waals surface area contributed by atoms with E-state index in [2.05, 4.69) is 24.4 Å². The number of hydrogen-bond donors (Lipinski definition) is 1. The molecular weight excluding hydrogens is 428 g/mol. The van der Waals surface area contributed by atoms with E-state index < -0.39 is 17.8 Å². The molecule has 1 aliphatic carbocycles. The Bertz CT molecular complexity index is 921. The highest BCUT2D eigenvalue weighted by atomic mass is 16.6. The van der Waals surface area contributed by atoms with E-state index in [1.807, 2.05) is 57.2 Å². The van der Waals surface area contributed by atoms with Gasteiger partial charge >= 0.3 is 12.2 Å². The van der Waals surface area contributed by atoms with Crippen LogP contribution < -0.4 is 5.32 Å². The van der Waals surface area contributed by atoms with Crippen molar-refractivity contribution in [2.45, 2.75) is 71.5 Å². The number of rotatable bonds is 10. The molecule has 0 heterocycles. The second-order valence-electron chi connectivity index (χ2n) is 9.77. The fourth-order valence-electron chi connectivity index (χ4n) is 4.22. The summed E-state index contributed by atoms with van der Waals surface area (Å²) in [6.07, 6.45) is 4.21. The van der Waals surface area contributed by atoms with Crippen LogP contribution in [0.3, 0.4) is 0 Å². The van der Waals surface area contributed by atoms with Gasteiger partial charge in [-0.25, -0.2) is 9.59 Å². The Morgan fingerprint density at radius 3 is 2.06 bits per heavy atom. The summed E-state index contributed by atoms with van der Waals surface area (Å²) in [5.41, 5.74) is 3.66. The minimum absolute atomic E-state index is 0.302. The maximum absolute atomic E-state index is 13.3. The fourth-order valence-corrected chi connectivity index (χ4v) is 4.22. The molecule has 0 saturated carbocycles. The van der Waals surface area contributed by atoms with Gasteiger partial charge in [-0.3, -0.25) is 0 Å². The molecule has 0 aliphatic heterocycles. The van der Waals surface area contributed by atoms with Gasteiger partial charge in [-0.2, -0.15) is 0 Å². The number of carbonyl (C=O) groups excluding carboxylic acids is 2. The van der Waals surface area contributed by atoms with E-state index in [9.17, 15) is 9.59 Å². The number of carbonyl (C=O) groups is 2. The smallest absolute Gasteiger partial charge is 0.410 e. The summed E-state index contributed by atoms with van der Waals surface area (Å²) in [7, 11) is 0. The average molecular weight is 467 g/mol. The predicted molar refractivity (Wildman–Crippen MR) is 135 cm³/mol. The molecule has 0 aromatic heterocycles. The van der Waals surface area contributed by atoms with Crippen molar-refractivity contribution >= 4 is 12.2 Å². The number of fused-ring (bicyclic) bond motifs is 3. The quantitative estimate of drug-likeness (QED) is 0.396.